The van der Waals surface area contributed by atoms with Crippen LogP contribution in [0.25, 0.3) is 0 Å². The topological polar surface area (TPSA) is 15.3 Å². The molecule has 1 aliphatic heterocycles. The summed E-state index contributed by atoms with van der Waals surface area (Å²) in [5.74, 6) is 1.89. The van der Waals surface area contributed by atoms with Crippen molar-refractivity contribution in [3.8, 4) is 0 Å². The van der Waals surface area contributed by atoms with Crippen LogP contribution in [-0.2, 0) is 0 Å². The van der Waals surface area contributed by atoms with Gasteiger partial charge in [-0.1, -0.05) is 50.1 Å². The molecule has 0 radical (unpaired) electrons. The van der Waals surface area contributed by atoms with Crippen LogP contribution in [0.1, 0.15) is 51.1 Å². The van der Waals surface area contributed by atoms with Crippen molar-refractivity contribution in [1.82, 2.24) is 10.2 Å². The SMILES string of the molecule is CC1CCC(CN2CC(c3ccccc3)NCC2C)CC1. The average molecular weight is 286 g/mol. The number of hydrogen-bond acceptors (Lipinski definition) is 2. The van der Waals surface area contributed by atoms with Crippen molar-refractivity contribution in [3.05, 3.63) is 35.9 Å². The van der Waals surface area contributed by atoms with Crippen molar-refractivity contribution >= 4 is 0 Å². The minimum atomic E-state index is 0.505. The minimum absolute atomic E-state index is 0.505. The number of nitrogens with zero attached hydrogens (tertiary/aromatic N) is 1. The summed E-state index contributed by atoms with van der Waals surface area (Å²) in [4.78, 5) is 2.73. The third kappa shape index (κ3) is 3.87. The van der Waals surface area contributed by atoms with Crippen LogP contribution >= 0.6 is 0 Å². The Kier molecular flexibility index (Phi) is 4.97. The van der Waals surface area contributed by atoms with Crippen molar-refractivity contribution in [2.75, 3.05) is 19.6 Å². The van der Waals surface area contributed by atoms with Gasteiger partial charge in [0.2, 0.25) is 0 Å². The molecule has 3 rings (SSSR count). The van der Waals surface area contributed by atoms with Gasteiger partial charge in [-0.25, -0.2) is 0 Å². The molecule has 2 unspecified atom stereocenters. The molecule has 2 fully saturated rings. The molecule has 0 amide bonds. The highest BCUT2D eigenvalue weighted by molar-refractivity contribution is 5.20. The fourth-order valence-electron chi connectivity index (χ4n) is 3.93. The Balaban J connectivity index is 1.59. The summed E-state index contributed by atoms with van der Waals surface area (Å²) < 4.78 is 0. The third-order valence-electron chi connectivity index (χ3n) is 5.53. The van der Waals surface area contributed by atoms with E-state index in [0.717, 1.165) is 24.9 Å². The Morgan fingerprint density at radius 3 is 2.48 bits per heavy atom. The molecule has 1 saturated carbocycles. The molecule has 0 aromatic heterocycles. The standard InChI is InChI=1S/C19H30N2/c1-15-8-10-17(11-9-15)13-21-14-19(20-12-16(21)2)18-6-4-3-5-7-18/h3-7,15-17,19-20H,8-14H2,1-2H3. The molecular formula is C19H30N2. The van der Waals surface area contributed by atoms with E-state index in [1.165, 1.54) is 37.8 Å². The van der Waals surface area contributed by atoms with Gasteiger partial charge in [0.15, 0.2) is 0 Å². The predicted molar refractivity (Wildman–Crippen MR) is 89.3 cm³/mol. The molecule has 1 heterocycles. The zero-order chi connectivity index (χ0) is 14.7. The highest BCUT2D eigenvalue weighted by atomic mass is 15.2. The van der Waals surface area contributed by atoms with Crippen molar-refractivity contribution < 1.29 is 0 Å². The molecule has 2 atom stereocenters. The molecule has 1 saturated heterocycles. The quantitative estimate of drug-likeness (QED) is 0.908. The Morgan fingerprint density at radius 2 is 1.76 bits per heavy atom. The van der Waals surface area contributed by atoms with Crippen LogP contribution < -0.4 is 5.32 Å². The fourth-order valence-corrected chi connectivity index (χ4v) is 3.93. The molecule has 1 aliphatic carbocycles. The van der Waals surface area contributed by atoms with Crippen LogP contribution in [0, 0.1) is 11.8 Å². The molecule has 0 spiro atoms. The largest absolute Gasteiger partial charge is 0.307 e. The zero-order valence-electron chi connectivity index (χ0n) is 13.6. The van der Waals surface area contributed by atoms with Gasteiger partial charge < -0.3 is 5.32 Å². The molecule has 1 aromatic rings. The summed E-state index contributed by atoms with van der Waals surface area (Å²) in [5, 5.41) is 3.72. The molecule has 0 bridgehead atoms. The fraction of sp³-hybridized carbons (Fsp3) is 0.684. The van der Waals surface area contributed by atoms with Crippen LogP contribution in [0.5, 0.6) is 0 Å². The second kappa shape index (κ2) is 6.93. The van der Waals surface area contributed by atoms with Crippen molar-refractivity contribution in [1.29, 1.82) is 0 Å². The van der Waals surface area contributed by atoms with E-state index in [0.29, 0.717) is 12.1 Å². The van der Waals surface area contributed by atoms with Gasteiger partial charge >= 0.3 is 0 Å². The summed E-state index contributed by atoms with van der Waals surface area (Å²) in [7, 11) is 0. The van der Waals surface area contributed by atoms with E-state index in [-0.39, 0.29) is 0 Å². The number of hydrogen-bond donors (Lipinski definition) is 1. The maximum atomic E-state index is 3.72. The van der Waals surface area contributed by atoms with Gasteiger partial charge in [-0.3, -0.25) is 4.90 Å². The molecule has 1 N–H and O–H groups in total. The van der Waals surface area contributed by atoms with Gasteiger partial charge in [-0.05, 0) is 37.2 Å². The highest BCUT2D eigenvalue weighted by Crippen LogP contribution is 2.30. The molecule has 2 aliphatic rings. The molecule has 116 valence electrons. The first kappa shape index (κ1) is 15.1. The molecule has 2 nitrogen and oxygen atoms in total. The molecule has 21 heavy (non-hydrogen) atoms. The van der Waals surface area contributed by atoms with Crippen LogP contribution in [0.4, 0.5) is 0 Å². The van der Waals surface area contributed by atoms with Crippen molar-refractivity contribution in [2.24, 2.45) is 11.8 Å². The summed E-state index contributed by atoms with van der Waals surface area (Å²) in [6.07, 6.45) is 5.75. The summed E-state index contributed by atoms with van der Waals surface area (Å²) in [5.41, 5.74) is 1.44. The second-order valence-corrected chi connectivity index (χ2v) is 7.30. The summed E-state index contributed by atoms with van der Waals surface area (Å²) in [6.45, 7) is 8.37. The maximum absolute atomic E-state index is 3.72. The predicted octanol–water partition coefficient (Wildman–Crippen LogP) is 3.85. The first-order valence-corrected chi connectivity index (χ1v) is 8.74. The van der Waals surface area contributed by atoms with Gasteiger partial charge in [0.25, 0.3) is 0 Å². The van der Waals surface area contributed by atoms with Crippen LogP contribution in [0.15, 0.2) is 30.3 Å². The summed E-state index contributed by atoms with van der Waals surface area (Å²) in [6, 6.07) is 12.1. The lowest BCUT2D eigenvalue weighted by Gasteiger charge is -2.41. The maximum Gasteiger partial charge on any atom is 0.0449 e. The Labute approximate surface area is 129 Å². The Bertz CT molecular complexity index is 422. The second-order valence-electron chi connectivity index (χ2n) is 7.30. The third-order valence-corrected chi connectivity index (χ3v) is 5.53. The lowest BCUT2D eigenvalue weighted by Crippen LogP contribution is -2.52. The van der Waals surface area contributed by atoms with E-state index in [2.05, 4.69) is 54.4 Å². The summed E-state index contributed by atoms with van der Waals surface area (Å²) >= 11 is 0. The van der Waals surface area contributed by atoms with Crippen LogP contribution in [-0.4, -0.2) is 30.6 Å². The molecule has 2 heteroatoms. The van der Waals surface area contributed by atoms with Crippen LogP contribution in [0.2, 0.25) is 0 Å². The number of piperazine rings is 1. The van der Waals surface area contributed by atoms with Crippen LogP contribution in [0.3, 0.4) is 0 Å². The first-order valence-electron chi connectivity index (χ1n) is 8.74. The smallest absolute Gasteiger partial charge is 0.0449 e. The van der Waals surface area contributed by atoms with E-state index < -0.39 is 0 Å². The van der Waals surface area contributed by atoms with Gasteiger partial charge in [0.1, 0.15) is 0 Å². The Hall–Kier alpha value is -0.860. The molecular weight excluding hydrogens is 256 g/mol. The van der Waals surface area contributed by atoms with Gasteiger partial charge in [-0.2, -0.15) is 0 Å². The Morgan fingerprint density at radius 1 is 1.05 bits per heavy atom. The van der Waals surface area contributed by atoms with E-state index in [1.54, 1.807) is 0 Å². The number of rotatable bonds is 3. The normalized spacial score (nSPS) is 34.8. The first-order chi connectivity index (χ1) is 10.2. The van der Waals surface area contributed by atoms with E-state index >= 15 is 0 Å². The lowest BCUT2D eigenvalue weighted by molar-refractivity contribution is 0.103. The van der Waals surface area contributed by atoms with Gasteiger partial charge in [0.05, 0.1) is 0 Å². The van der Waals surface area contributed by atoms with E-state index in [9.17, 15) is 0 Å². The minimum Gasteiger partial charge on any atom is -0.307 e. The highest BCUT2D eigenvalue weighted by Gasteiger charge is 2.28. The van der Waals surface area contributed by atoms with E-state index in [1.807, 2.05) is 0 Å². The van der Waals surface area contributed by atoms with Gasteiger partial charge in [-0.15, -0.1) is 0 Å². The number of nitrogens with one attached hydrogen (secondary N) is 1. The lowest BCUT2D eigenvalue weighted by atomic mass is 9.82. The number of benzene rings is 1. The van der Waals surface area contributed by atoms with E-state index in [4.69, 9.17) is 0 Å². The monoisotopic (exact) mass is 286 g/mol. The van der Waals surface area contributed by atoms with Crippen molar-refractivity contribution in [3.63, 3.8) is 0 Å². The molecule has 1 aromatic carbocycles. The zero-order valence-corrected chi connectivity index (χ0v) is 13.6. The van der Waals surface area contributed by atoms with Gasteiger partial charge in [0, 0.05) is 31.7 Å². The average Bonchev–Trinajstić information content (AvgIpc) is 2.52. The van der Waals surface area contributed by atoms with Crippen molar-refractivity contribution in [2.45, 2.75) is 51.6 Å².